The lowest BCUT2D eigenvalue weighted by Gasteiger charge is -2.24. The zero-order valence-corrected chi connectivity index (χ0v) is 27.9. The molecule has 1 aliphatic heterocycles. The van der Waals surface area contributed by atoms with Gasteiger partial charge in [-0.25, -0.2) is 0 Å². The third-order valence-electron chi connectivity index (χ3n) is 7.96. The average Bonchev–Trinajstić information content (AvgIpc) is 3.36. The second kappa shape index (κ2) is 18.3. The van der Waals surface area contributed by atoms with Gasteiger partial charge in [0.2, 0.25) is 5.91 Å². The molecule has 232 valence electrons. The number of carbonyl (C=O) groups excluding carboxylic acids is 1. The van der Waals surface area contributed by atoms with Gasteiger partial charge in [-0.1, -0.05) is 129 Å². The molecule has 2 aromatic carbocycles. The van der Waals surface area contributed by atoms with E-state index in [9.17, 15) is 4.79 Å². The first-order valence-electron chi connectivity index (χ1n) is 16.5. The van der Waals surface area contributed by atoms with Crippen LogP contribution in [0.25, 0.3) is 0 Å². The summed E-state index contributed by atoms with van der Waals surface area (Å²) in [6, 6.07) is 14.4. The Hall–Kier alpha value is -2.40. The molecule has 1 heterocycles. The smallest absolute Gasteiger partial charge is 0.228 e. The number of nitrogens with zero attached hydrogens (tertiary/aromatic N) is 1. The second-order valence-corrected chi connectivity index (χ2v) is 14.2. The van der Waals surface area contributed by atoms with Crippen molar-refractivity contribution in [2.45, 2.75) is 130 Å². The van der Waals surface area contributed by atoms with Crippen molar-refractivity contribution in [2.75, 3.05) is 17.8 Å². The fourth-order valence-electron chi connectivity index (χ4n) is 5.51. The Balaban J connectivity index is 1.43. The fraction of sp³-hybridized carbons (Fsp3) is 0.595. The average molecular weight is 593 g/mol. The molecule has 0 atom stereocenters. The first-order chi connectivity index (χ1) is 20.3. The molecular weight excluding hydrogens is 536 g/mol. The van der Waals surface area contributed by atoms with Crippen LogP contribution in [-0.4, -0.2) is 23.3 Å². The molecule has 0 saturated carbocycles. The van der Waals surface area contributed by atoms with Crippen LogP contribution in [0.5, 0.6) is 5.75 Å². The molecule has 1 N–H and O–H groups in total. The lowest BCUT2D eigenvalue weighted by atomic mass is 9.85. The van der Waals surface area contributed by atoms with Crippen molar-refractivity contribution < 1.29 is 9.53 Å². The van der Waals surface area contributed by atoms with Crippen molar-refractivity contribution in [3.05, 3.63) is 70.3 Å². The van der Waals surface area contributed by atoms with Crippen LogP contribution in [0, 0.1) is 0 Å². The summed E-state index contributed by atoms with van der Waals surface area (Å²) in [5.74, 6) is 1.92. The molecule has 0 aromatic heterocycles. The summed E-state index contributed by atoms with van der Waals surface area (Å²) in [7, 11) is 0. The highest BCUT2D eigenvalue weighted by molar-refractivity contribution is 8.03. The number of thioether (sulfide) groups is 1. The Kier molecular flexibility index (Phi) is 14.9. The number of hydrogen-bond acceptors (Lipinski definition) is 4. The maximum Gasteiger partial charge on any atom is 0.228 e. The van der Waals surface area contributed by atoms with Crippen molar-refractivity contribution in [1.82, 2.24) is 4.90 Å². The molecule has 0 radical (unpaired) electrons. The number of benzene rings is 2. The van der Waals surface area contributed by atoms with Crippen molar-refractivity contribution in [3.8, 4) is 5.75 Å². The van der Waals surface area contributed by atoms with Gasteiger partial charge in [0, 0.05) is 18.4 Å². The van der Waals surface area contributed by atoms with E-state index in [4.69, 9.17) is 4.74 Å². The van der Waals surface area contributed by atoms with Crippen LogP contribution in [0.4, 0.5) is 5.69 Å². The van der Waals surface area contributed by atoms with Gasteiger partial charge in [0.25, 0.3) is 0 Å². The number of carbonyl (C=O) groups is 1. The Morgan fingerprint density at radius 3 is 2.17 bits per heavy atom. The van der Waals surface area contributed by atoms with E-state index in [1.54, 1.807) is 0 Å². The van der Waals surface area contributed by atoms with E-state index in [2.05, 4.69) is 69.2 Å². The molecule has 1 amide bonds. The van der Waals surface area contributed by atoms with Crippen LogP contribution in [-0.2, 0) is 23.2 Å². The lowest BCUT2D eigenvalue weighted by Crippen LogP contribution is -2.19. The van der Waals surface area contributed by atoms with Gasteiger partial charge < -0.3 is 15.0 Å². The Morgan fingerprint density at radius 2 is 1.55 bits per heavy atom. The van der Waals surface area contributed by atoms with Gasteiger partial charge in [0.1, 0.15) is 5.75 Å². The molecule has 0 saturated heterocycles. The highest BCUT2D eigenvalue weighted by atomic mass is 32.2. The van der Waals surface area contributed by atoms with Gasteiger partial charge in [-0.05, 0) is 52.5 Å². The first-order valence-corrected chi connectivity index (χ1v) is 17.4. The minimum Gasteiger partial charge on any atom is -0.493 e. The van der Waals surface area contributed by atoms with Crippen LogP contribution >= 0.6 is 11.8 Å². The van der Waals surface area contributed by atoms with Crippen molar-refractivity contribution in [3.63, 3.8) is 0 Å². The summed E-state index contributed by atoms with van der Waals surface area (Å²) in [6.45, 7) is 12.6. The highest BCUT2D eigenvalue weighted by Crippen LogP contribution is 2.33. The molecule has 2 aromatic rings. The third kappa shape index (κ3) is 12.5. The minimum atomic E-state index is -0.0651. The fourth-order valence-corrected chi connectivity index (χ4v) is 6.27. The standard InChI is InChI=1S/C37H56N2O2S/c1-6-7-8-9-10-11-12-13-14-15-16-19-24-41-35-23-22-31(25-33(35)37(3,4)5)26-36(40)38-34-21-18-17-20-32(34)28-39-27-30(2)42-29-39/h17-18,20-23,25,27H,6-16,19,24,26,28-29H2,1-5H3,(H,38,40). The summed E-state index contributed by atoms with van der Waals surface area (Å²) in [5, 5.41) is 3.17. The molecule has 3 rings (SSSR count). The van der Waals surface area contributed by atoms with E-state index in [1.807, 2.05) is 36.0 Å². The number of anilines is 1. The predicted molar refractivity (Wildman–Crippen MR) is 182 cm³/mol. The van der Waals surface area contributed by atoms with Crippen LogP contribution in [0.2, 0.25) is 0 Å². The Labute approximate surface area is 261 Å². The quantitative estimate of drug-likeness (QED) is 0.165. The number of para-hydroxylation sites is 1. The number of rotatable bonds is 19. The topological polar surface area (TPSA) is 41.6 Å². The molecule has 0 spiro atoms. The van der Waals surface area contributed by atoms with Crippen LogP contribution in [0.3, 0.4) is 0 Å². The van der Waals surface area contributed by atoms with Crippen molar-refractivity contribution >= 4 is 23.4 Å². The van der Waals surface area contributed by atoms with Gasteiger partial charge >= 0.3 is 0 Å². The normalized spacial score (nSPS) is 13.4. The zero-order chi connectivity index (χ0) is 30.2. The van der Waals surface area contributed by atoms with E-state index in [0.29, 0.717) is 6.42 Å². The molecule has 0 fully saturated rings. The van der Waals surface area contributed by atoms with Crippen molar-refractivity contribution in [2.24, 2.45) is 0 Å². The van der Waals surface area contributed by atoms with Gasteiger partial charge in [-0.2, -0.15) is 0 Å². The largest absolute Gasteiger partial charge is 0.493 e. The summed E-state index contributed by atoms with van der Waals surface area (Å²) in [6.07, 6.45) is 18.6. The number of allylic oxidation sites excluding steroid dienone is 1. The minimum absolute atomic E-state index is 0.00925. The van der Waals surface area contributed by atoms with Crippen LogP contribution in [0.15, 0.2) is 53.6 Å². The maximum atomic E-state index is 13.1. The van der Waals surface area contributed by atoms with E-state index < -0.39 is 0 Å². The molecule has 0 bridgehead atoms. The summed E-state index contributed by atoms with van der Waals surface area (Å²) < 4.78 is 6.29. The summed E-state index contributed by atoms with van der Waals surface area (Å²) in [4.78, 5) is 16.7. The van der Waals surface area contributed by atoms with Crippen molar-refractivity contribution in [1.29, 1.82) is 0 Å². The molecule has 1 aliphatic rings. The molecule has 5 heteroatoms. The van der Waals surface area contributed by atoms with E-state index in [-0.39, 0.29) is 11.3 Å². The lowest BCUT2D eigenvalue weighted by molar-refractivity contribution is -0.115. The molecule has 4 nitrogen and oxygen atoms in total. The molecule has 0 aliphatic carbocycles. The van der Waals surface area contributed by atoms with Gasteiger partial charge in [0.15, 0.2) is 0 Å². The van der Waals surface area contributed by atoms with E-state index >= 15 is 0 Å². The summed E-state index contributed by atoms with van der Waals surface area (Å²) in [5.41, 5.74) is 4.14. The zero-order valence-electron chi connectivity index (χ0n) is 27.1. The maximum absolute atomic E-state index is 13.1. The number of unbranched alkanes of at least 4 members (excludes halogenated alkanes) is 11. The van der Waals surface area contributed by atoms with Crippen LogP contribution in [0.1, 0.15) is 128 Å². The third-order valence-corrected chi connectivity index (χ3v) is 8.98. The number of nitrogens with one attached hydrogen (secondary N) is 1. The van der Waals surface area contributed by atoms with Gasteiger partial charge in [0.05, 0.1) is 18.9 Å². The molecular formula is C37H56N2O2S. The first kappa shape index (κ1) is 34.1. The highest BCUT2D eigenvalue weighted by Gasteiger charge is 2.21. The monoisotopic (exact) mass is 592 g/mol. The number of hydrogen-bond donors (Lipinski definition) is 1. The Bertz CT molecular complexity index is 1120. The molecule has 42 heavy (non-hydrogen) atoms. The van der Waals surface area contributed by atoms with Crippen LogP contribution < -0.4 is 10.1 Å². The van der Waals surface area contributed by atoms with Gasteiger partial charge in [-0.3, -0.25) is 4.79 Å². The predicted octanol–water partition coefficient (Wildman–Crippen LogP) is 10.6. The summed E-state index contributed by atoms with van der Waals surface area (Å²) >= 11 is 1.85. The van der Waals surface area contributed by atoms with E-state index in [0.717, 1.165) is 48.0 Å². The Morgan fingerprint density at radius 1 is 0.905 bits per heavy atom. The van der Waals surface area contributed by atoms with Gasteiger partial charge in [-0.15, -0.1) is 11.8 Å². The molecule has 0 unspecified atom stereocenters. The SMILES string of the molecule is CCCCCCCCCCCCCCOc1ccc(CC(=O)Nc2ccccc2CN2C=C(C)SC2)cc1C(C)(C)C. The number of ether oxygens (including phenoxy) is 1. The second-order valence-electron chi connectivity index (χ2n) is 13.0. The van der Waals surface area contributed by atoms with E-state index in [1.165, 1.54) is 81.1 Å². The number of amides is 1.